The van der Waals surface area contributed by atoms with E-state index in [-0.39, 0.29) is 0 Å². The summed E-state index contributed by atoms with van der Waals surface area (Å²) in [6.45, 7) is 0. The van der Waals surface area contributed by atoms with Gasteiger partial charge < -0.3 is 10.3 Å². The van der Waals surface area contributed by atoms with E-state index in [1.165, 1.54) is 0 Å². The monoisotopic (exact) mass is 442 g/mol. The number of aromatic amines is 1. The lowest BCUT2D eigenvalue weighted by molar-refractivity contribution is 1.19. The lowest BCUT2D eigenvalue weighted by Gasteiger charge is -2.09. The van der Waals surface area contributed by atoms with Gasteiger partial charge in [-0.3, -0.25) is 0 Å². The number of H-pyrrole nitrogens is 1. The van der Waals surface area contributed by atoms with E-state index in [0.29, 0.717) is 0 Å². The largest absolute Gasteiger partial charge is 0.340 e. The highest BCUT2D eigenvalue weighted by Crippen LogP contribution is 2.38. The normalized spacial score (nSPS) is 10.9. The van der Waals surface area contributed by atoms with Gasteiger partial charge in [-0.1, -0.05) is 52.3 Å². The Bertz CT molecular complexity index is 1010. The molecule has 0 aliphatic rings. The molecular weight excluding hydrogens is 432 g/mol. The van der Waals surface area contributed by atoms with E-state index in [4.69, 9.17) is 0 Å². The van der Waals surface area contributed by atoms with Crippen LogP contribution in [0.15, 0.2) is 70.0 Å². The average Bonchev–Trinajstić information content (AvgIpc) is 2.93. The van der Waals surface area contributed by atoms with Gasteiger partial charge in [0.15, 0.2) is 0 Å². The van der Waals surface area contributed by atoms with Crippen molar-refractivity contribution in [3.8, 4) is 11.1 Å². The van der Waals surface area contributed by atoms with Crippen LogP contribution >= 0.6 is 31.9 Å². The SMILES string of the molecule is Brc1cccc(Nc2ncnc3[nH]c(Br)c(-c4ccccc4)c23)c1. The lowest BCUT2D eigenvalue weighted by Crippen LogP contribution is -1.95. The van der Waals surface area contributed by atoms with Crippen LogP contribution in [0.4, 0.5) is 11.5 Å². The van der Waals surface area contributed by atoms with Crippen molar-refractivity contribution in [3.63, 3.8) is 0 Å². The molecule has 4 rings (SSSR count). The van der Waals surface area contributed by atoms with Crippen LogP contribution in [0.25, 0.3) is 22.2 Å². The highest BCUT2D eigenvalue weighted by Gasteiger charge is 2.17. The zero-order chi connectivity index (χ0) is 16.5. The first-order valence-electron chi connectivity index (χ1n) is 7.32. The predicted molar refractivity (Wildman–Crippen MR) is 104 cm³/mol. The smallest absolute Gasteiger partial charge is 0.144 e. The molecular formula is C18H12Br2N4. The fourth-order valence-corrected chi connectivity index (χ4v) is 3.68. The molecule has 0 amide bonds. The molecule has 0 atom stereocenters. The molecule has 24 heavy (non-hydrogen) atoms. The molecule has 0 aliphatic heterocycles. The molecule has 4 nitrogen and oxygen atoms in total. The van der Waals surface area contributed by atoms with Crippen molar-refractivity contribution < 1.29 is 0 Å². The molecule has 0 bridgehead atoms. The van der Waals surface area contributed by atoms with Crippen LogP contribution in [0.5, 0.6) is 0 Å². The highest BCUT2D eigenvalue weighted by molar-refractivity contribution is 9.10. The fourth-order valence-electron chi connectivity index (χ4n) is 2.67. The maximum absolute atomic E-state index is 4.45. The van der Waals surface area contributed by atoms with Gasteiger partial charge in [0.05, 0.1) is 9.99 Å². The van der Waals surface area contributed by atoms with E-state index in [0.717, 1.165) is 42.7 Å². The Morgan fingerprint density at radius 3 is 2.54 bits per heavy atom. The highest BCUT2D eigenvalue weighted by atomic mass is 79.9. The second-order valence-electron chi connectivity index (χ2n) is 5.26. The lowest BCUT2D eigenvalue weighted by atomic mass is 10.1. The summed E-state index contributed by atoms with van der Waals surface area (Å²) in [5.41, 5.74) is 3.89. The Hall–Kier alpha value is -2.18. The third-order valence-corrected chi connectivity index (χ3v) is 4.78. The Balaban J connectivity index is 1.90. The minimum atomic E-state index is 0.763. The van der Waals surface area contributed by atoms with Crippen LogP contribution in [0, 0.1) is 0 Å². The Kier molecular flexibility index (Phi) is 4.08. The van der Waals surface area contributed by atoms with Crippen LogP contribution in [-0.2, 0) is 0 Å². The maximum atomic E-state index is 4.45. The first-order valence-corrected chi connectivity index (χ1v) is 8.91. The number of hydrogen-bond acceptors (Lipinski definition) is 3. The molecule has 0 saturated carbocycles. The van der Waals surface area contributed by atoms with Crippen molar-refractivity contribution in [1.29, 1.82) is 0 Å². The number of fused-ring (bicyclic) bond motifs is 1. The average molecular weight is 444 g/mol. The van der Waals surface area contributed by atoms with Crippen molar-refractivity contribution in [2.24, 2.45) is 0 Å². The standard InChI is InChI=1S/C18H12Br2N4/c19-12-7-4-8-13(9-12)23-17-15-14(11-5-2-1-3-6-11)16(20)24-18(15)22-10-21-17/h1-10H,(H2,21,22,23,24). The number of hydrogen-bond donors (Lipinski definition) is 2. The van der Waals surface area contributed by atoms with E-state index in [2.05, 4.69) is 64.3 Å². The minimum absolute atomic E-state index is 0.763. The summed E-state index contributed by atoms with van der Waals surface area (Å²) in [7, 11) is 0. The molecule has 2 aromatic heterocycles. The quantitative estimate of drug-likeness (QED) is 0.414. The molecule has 2 aromatic carbocycles. The van der Waals surface area contributed by atoms with Gasteiger partial charge in [0.2, 0.25) is 0 Å². The number of aromatic nitrogens is 3. The number of benzene rings is 2. The summed E-state index contributed by atoms with van der Waals surface area (Å²) in [6.07, 6.45) is 1.56. The van der Waals surface area contributed by atoms with Gasteiger partial charge in [0, 0.05) is 15.7 Å². The third kappa shape index (κ3) is 2.83. The van der Waals surface area contributed by atoms with Gasteiger partial charge in [-0.05, 0) is 39.7 Å². The van der Waals surface area contributed by atoms with Gasteiger partial charge in [0.1, 0.15) is 17.8 Å². The van der Waals surface area contributed by atoms with E-state index >= 15 is 0 Å². The fraction of sp³-hybridized carbons (Fsp3) is 0. The van der Waals surface area contributed by atoms with Crippen LogP contribution in [-0.4, -0.2) is 15.0 Å². The van der Waals surface area contributed by atoms with Crippen molar-refractivity contribution in [3.05, 3.63) is 70.0 Å². The topological polar surface area (TPSA) is 53.6 Å². The van der Waals surface area contributed by atoms with Crippen LogP contribution < -0.4 is 5.32 Å². The number of anilines is 2. The molecule has 0 radical (unpaired) electrons. The molecule has 0 aliphatic carbocycles. The van der Waals surface area contributed by atoms with Gasteiger partial charge in [-0.25, -0.2) is 9.97 Å². The van der Waals surface area contributed by atoms with Gasteiger partial charge in [0.25, 0.3) is 0 Å². The molecule has 2 N–H and O–H groups in total. The number of nitrogens with zero attached hydrogens (tertiary/aromatic N) is 2. The van der Waals surface area contributed by atoms with Crippen molar-refractivity contribution in [2.45, 2.75) is 0 Å². The zero-order valence-corrected chi connectivity index (χ0v) is 15.6. The zero-order valence-electron chi connectivity index (χ0n) is 12.4. The Morgan fingerprint density at radius 2 is 1.75 bits per heavy atom. The third-order valence-electron chi connectivity index (χ3n) is 3.69. The molecule has 0 saturated heterocycles. The predicted octanol–water partition coefficient (Wildman–Crippen LogP) is 5.89. The van der Waals surface area contributed by atoms with E-state index in [1.807, 2.05) is 42.5 Å². The Labute approximate surface area is 155 Å². The summed E-state index contributed by atoms with van der Waals surface area (Å²) in [6, 6.07) is 18.2. The maximum Gasteiger partial charge on any atom is 0.144 e. The van der Waals surface area contributed by atoms with E-state index < -0.39 is 0 Å². The number of halogens is 2. The summed E-state index contributed by atoms with van der Waals surface area (Å²) >= 11 is 7.11. The molecule has 0 unspecified atom stereocenters. The second kappa shape index (κ2) is 6.37. The van der Waals surface area contributed by atoms with E-state index in [9.17, 15) is 0 Å². The molecule has 0 spiro atoms. The van der Waals surface area contributed by atoms with Gasteiger partial charge in [-0.15, -0.1) is 0 Å². The van der Waals surface area contributed by atoms with Crippen LogP contribution in [0.1, 0.15) is 0 Å². The molecule has 2 heterocycles. The summed E-state index contributed by atoms with van der Waals surface area (Å²) in [5, 5.41) is 4.34. The van der Waals surface area contributed by atoms with Crippen LogP contribution in [0.2, 0.25) is 0 Å². The Morgan fingerprint density at radius 1 is 0.917 bits per heavy atom. The van der Waals surface area contributed by atoms with Gasteiger partial charge in [-0.2, -0.15) is 0 Å². The van der Waals surface area contributed by atoms with Crippen LogP contribution in [0.3, 0.4) is 0 Å². The number of rotatable bonds is 3. The molecule has 4 aromatic rings. The summed E-state index contributed by atoms with van der Waals surface area (Å²) < 4.78 is 1.90. The van der Waals surface area contributed by atoms with Crippen molar-refractivity contribution in [2.75, 3.05) is 5.32 Å². The first-order chi connectivity index (χ1) is 11.7. The minimum Gasteiger partial charge on any atom is -0.340 e. The summed E-state index contributed by atoms with van der Waals surface area (Å²) in [5.74, 6) is 0.763. The second-order valence-corrected chi connectivity index (χ2v) is 6.97. The van der Waals surface area contributed by atoms with Crippen molar-refractivity contribution in [1.82, 2.24) is 15.0 Å². The molecule has 0 fully saturated rings. The summed E-state index contributed by atoms with van der Waals surface area (Å²) in [4.78, 5) is 12.1. The molecule has 118 valence electrons. The van der Waals surface area contributed by atoms with Crippen molar-refractivity contribution >= 4 is 54.4 Å². The van der Waals surface area contributed by atoms with E-state index in [1.54, 1.807) is 6.33 Å². The first kappa shape index (κ1) is 15.4. The van der Waals surface area contributed by atoms with Gasteiger partial charge >= 0.3 is 0 Å². The molecule has 6 heteroatoms. The number of nitrogens with one attached hydrogen (secondary N) is 2.